The van der Waals surface area contributed by atoms with E-state index in [-0.39, 0.29) is 18.2 Å². The summed E-state index contributed by atoms with van der Waals surface area (Å²) in [7, 11) is 0. The zero-order valence-electron chi connectivity index (χ0n) is 17.8. The van der Waals surface area contributed by atoms with E-state index >= 15 is 0 Å². The maximum absolute atomic E-state index is 13.0. The van der Waals surface area contributed by atoms with E-state index in [9.17, 15) is 9.59 Å². The summed E-state index contributed by atoms with van der Waals surface area (Å²) in [5.41, 5.74) is 9.14. The number of hydrazine groups is 1. The second kappa shape index (κ2) is 9.90. The molecule has 2 amide bonds. The molecule has 5 nitrogen and oxygen atoms in total. The van der Waals surface area contributed by atoms with E-state index in [0.29, 0.717) is 5.69 Å². The van der Waals surface area contributed by atoms with Crippen LogP contribution in [-0.4, -0.2) is 11.8 Å². The molecule has 32 heavy (non-hydrogen) atoms. The van der Waals surface area contributed by atoms with Gasteiger partial charge in [-0.1, -0.05) is 90.5 Å². The fourth-order valence-electron chi connectivity index (χ4n) is 3.61. The number of hydrogen-bond acceptors (Lipinski definition) is 3. The summed E-state index contributed by atoms with van der Waals surface area (Å²) in [4.78, 5) is 25.7. The van der Waals surface area contributed by atoms with Crippen molar-refractivity contribution in [2.45, 2.75) is 19.4 Å². The Hall–Kier alpha value is -3.96. The van der Waals surface area contributed by atoms with Gasteiger partial charge in [-0.05, 0) is 41.0 Å². The summed E-state index contributed by atoms with van der Waals surface area (Å²) in [5, 5.41) is 5.04. The van der Waals surface area contributed by atoms with Crippen LogP contribution in [0.4, 0.5) is 5.69 Å². The highest BCUT2D eigenvalue weighted by molar-refractivity contribution is 5.96. The Morgan fingerprint density at radius 1 is 0.781 bits per heavy atom. The van der Waals surface area contributed by atoms with Crippen molar-refractivity contribution in [1.29, 1.82) is 0 Å². The first-order chi connectivity index (χ1) is 15.6. The molecule has 1 unspecified atom stereocenters. The smallest absolute Gasteiger partial charge is 0.247 e. The van der Waals surface area contributed by atoms with E-state index in [1.165, 1.54) is 0 Å². The molecule has 3 N–H and O–H groups in total. The quantitative estimate of drug-likeness (QED) is 0.378. The molecule has 0 aliphatic rings. The molecule has 4 rings (SSSR count). The number of amides is 2. The third-order valence-electron chi connectivity index (χ3n) is 5.30. The fraction of sp³-hybridized carbons (Fsp3) is 0.111. The second-order valence-electron chi connectivity index (χ2n) is 7.71. The lowest BCUT2D eigenvalue weighted by atomic mass is 10.0. The molecule has 0 heterocycles. The lowest BCUT2D eigenvalue weighted by Crippen LogP contribution is -2.45. The van der Waals surface area contributed by atoms with Gasteiger partial charge in [-0.25, -0.2) is 5.43 Å². The number of carbonyl (C=O) groups excluding carboxylic acids is 2. The molecule has 4 aromatic rings. The standard InChI is InChI=1S/C27H25N3O2/c1-19-14-16-23(17-15-19)28-27(32)26(21-9-3-2-4-10-21)30-29-25(31)18-22-12-7-11-20-8-5-6-13-24(20)22/h2-17,26,30H,18H2,1H3,(H,28,32)(H,29,31). The minimum absolute atomic E-state index is 0.204. The van der Waals surface area contributed by atoms with Crippen LogP contribution in [0, 0.1) is 6.92 Å². The van der Waals surface area contributed by atoms with Crippen molar-refractivity contribution in [2.75, 3.05) is 5.32 Å². The molecular formula is C27H25N3O2. The topological polar surface area (TPSA) is 70.2 Å². The number of carbonyl (C=O) groups is 2. The highest BCUT2D eigenvalue weighted by atomic mass is 16.2. The zero-order valence-corrected chi connectivity index (χ0v) is 17.8. The first-order valence-electron chi connectivity index (χ1n) is 10.5. The predicted octanol–water partition coefficient (Wildman–Crippen LogP) is 4.69. The number of benzene rings is 4. The Bertz CT molecular complexity index is 1220. The number of nitrogens with one attached hydrogen (secondary N) is 3. The second-order valence-corrected chi connectivity index (χ2v) is 7.71. The lowest BCUT2D eigenvalue weighted by Gasteiger charge is -2.20. The number of rotatable bonds is 7. The van der Waals surface area contributed by atoms with Crippen LogP contribution < -0.4 is 16.2 Å². The van der Waals surface area contributed by atoms with E-state index in [0.717, 1.165) is 27.5 Å². The molecular weight excluding hydrogens is 398 g/mol. The van der Waals surface area contributed by atoms with Crippen LogP contribution in [0.25, 0.3) is 10.8 Å². The average Bonchev–Trinajstić information content (AvgIpc) is 2.82. The molecule has 0 radical (unpaired) electrons. The van der Waals surface area contributed by atoms with Crippen molar-refractivity contribution in [3.8, 4) is 0 Å². The molecule has 160 valence electrons. The molecule has 0 fully saturated rings. The van der Waals surface area contributed by atoms with E-state index in [4.69, 9.17) is 0 Å². The van der Waals surface area contributed by atoms with E-state index in [2.05, 4.69) is 16.2 Å². The number of fused-ring (bicyclic) bond motifs is 1. The Labute approximate surface area is 187 Å². The van der Waals surface area contributed by atoms with Gasteiger partial charge >= 0.3 is 0 Å². The van der Waals surface area contributed by atoms with Gasteiger partial charge in [0.05, 0.1) is 6.42 Å². The van der Waals surface area contributed by atoms with Crippen LogP contribution >= 0.6 is 0 Å². The number of hydrogen-bond donors (Lipinski definition) is 3. The average molecular weight is 424 g/mol. The number of aryl methyl sites for hydroxylation is 1. The van der Waals surface area contributed by atoms with Crippen molar-refractivity contribution < 1.29 is 9.59 Å². The monoisotopic (exact) mass is 423 g/mol. The van der Waals surface area contributed by atoms with Crippen LogP contribution in [0.1, 0.15) is 22.7 Å². The van der Waals surface area contributed by atoms with Crippen molar-refractivity contribution in [3.63, 3.8) is 0 Å². The van der Waals surface area contributed by atoms with Gasteiger partial charge in [-0.2, -0.15) is 0 Å². The van der Waals surface area contributed by atoms with Gasteiger partial charge in [0.2, 0.25) is 11.8 Å². The van der Waals surface area contributed by atoms with Crippen molar-refractivity contribution in [2.24, 2.45) is 0 Å². The van der Waals surface area contributed by atoms with E-state index < -0.39 is 6.04 Å². The highest BCUT2D eigenvalue weighted by Crippen LogP contribution is 2.19. The summed E-state index contributed by atoms with van der Waals surface area (Å²) >= 11 is 0. The van der Waals surface area contributed by atoms with Crippen LogP contribution in [0.2, 0.25) is 0 Å². The first-order valence-corrected chi connectivity index (χ1v) is 10.5. The molecule has 0 spiro atoms. The number of anilines is 1. The minimum Gasteiger partial charge on any atom is -0.324 e. The Balaban J connectivity index is 1.46. The van der Waals surface area contributed by atoms with Crippen LogP contribution in [-0.2, 0) is 16.0 Å². The van der Waals surface area contributed by atoms with Crippen molar-refractivity contribution >= 4 is 28.3 Å². The van der Waals surface area contributed by atoms with Crippen molar-refractivity contribution in [3.05, 3.63) is 114 Å². The largest absolute Gasteiger partial charge is 0.324 e. The van der Waals surface area contributed by atoms with E-state index in [1.807, 2.05) is 104 Å². The molecule has 0 bridgehead atoms. The summed E-state index contributed by atoms with van der Waals surface area (Å²) < 4.78 is 0. The summed E-state index contributed by atoms with van der Waals surface area (Å²) in [6, 6.07) is 30.0. The minimum atomic E-state index is -0.742. The van der Waals surface area contributed by atoms with Crippen LogP contribution in [0.5, 0.6) is 0 Å². The third kappa shape index (κ3) is 5.20. The lowest BCUT2D eigenvalue weighted by molar-refractivity contribution is -0.123. The zero-order chi connectivity index (χ0) is 22.3. The predicted molar refractivity (Wildman–Crippen MR) is 128 cm³/mol. The molecule has 0 aromatic heterocycles. The van der Waals surface area contributed by atoms with Crippen LogP contribution in [0.3, 0.4) is 0 Å². The van der Waals surface area contributed by atoms with Gasteiger partial charge in [0, 0.05) is 5.69 Å². The molecule has 0 saturated carbocycles. The molecule has 4 aromatic carbocycles. The van der Waals surface area contributed by atoms with Crippen molar-refractivity contribution in [1.82, 2.24) is 10.9 Å². The highest BCUT2D eigenvalue weighted by Gasteiger charge is 2.21. The van der Waals surface area contributed by atoms with Gasteiger partial charge in [-0.15, -0.1) is 0 Å². The molecule has 0 aliphatic heterocycles. The summed E-state index contributed by atoms with van der Waals surface area (Å²) in [6.07, 6.45) is 0.204. The Kier molecular flexibility index (Phi) is 6.58. The van der Waals surface area contributed by atoms with Gasteiger partial charge < -0.3 is 5.32 Å². The van der Waals surface area contributed by atoms with Gasteiger partial charge in [-0.3, -0.25) is 15.0 Å². The van der Waals surface area contributed by atoms with Gasteiger partial charge in [0.1, 0.15) is 6.04 Å². The molecule has 1 atom stereocenters. The van der Waals surface area contributed by atoms with E-state index in [1.54, 1.807) is 0 Å². The molecule has 0 saturated heterocycles. The van der Waals surface area contributed by atoms with Gasteiger partial charge in [0.25, 0.3) is 0 Å². The maximum Gasteiger partial charge on any atom is 0.247 e. The summed E-state index contributed by atoms with van der Waals surface area (Å²) in [5.74, 6) is -0.476. The van der Waals surface area contributed by atoms with Crippen LogP contribution in [0.15, 0.2) is 97.1 Å². The normalized spacial score (nSPS) is 11.7. The third-order valence-corrected chi connectivity index (χ3v) is 5.30. The SMILES string of the molecule is Cc1ccc(NC(=O)C(NNC(=O)Cc2cccc3ccccc23)c2ccccc2)cc1. The summed E-state index contributed by atoms with van der Waals surface area (Å²) in [6.45, 7) is 1.99. The van der Waals surface area contributed by atoms with Gasteiger partial charge in [0.15, 0.2) is 0 Å². The Morgan fingerprint density at radius 3 is 2.25 bits per heavy atom. The fourth-order valence-corrected chi connectivity index (χ4v) is 3.61. The first kappa shape index (κ1) is 21.3. The Morgan fingerprint density at radius 2 is 1.47 bits per heavy atom. The maximum atomic E-state index is 13.0. The molecule has 0 aliphatic carbocycles. The molecule has 5 heteroatoms.